The van der Waals surface area contributed by atoms with Crippen LogP contribution in [0.4, 0.5) is 4.39 Å². The number of hydrogen-bond donors (Lipinski definition) is 1. The molecule has 1 N–H and O–H groups in total. The van der Waals surface area contributed by atoms with Gasteiger partial charge in [0.05, 0.1) is 23.8 Å². The Hall–Kier alpha value is -2.56. The Balaban J connectivity index is 1.73. The van der Waals surface area contributed by atoms with Crippen molar-refractivity contribution in [3.8, 4) is 5.69 Å². The summed E-state index contributed by atoms with van der Waals surface area (Å²) in [6, 6.07) is 12.6. The van der Waals surface area contributed by atoms with Crippen molar-refractivity contribution in [1.29, 1.82) is 0 Å². The predicted molar refractivity (Wildman–Crippen MR) is 103 cm³/mol. The second-order valence-corrected chi connectivity index (χ2v) is 10.0. The van der Waals surface area contributed by atoms with Gasteiger partial charge in [-0.05, 0) is 48.7 Å². The molecular weight excluding hydrogens is 405 g/mol. The van der Waals surface area contributed by atoms with Crippen LogP contribution in [0, 0.1) is 12.7 Å². The van der Waals surface area contributed by atoms with E-state index in [4.69, 9.17) is 0 Å². The summed E-state index contributed by atoms with van der Waals surface area (Å²) in [6.07, 6.45) is 2.38. The monoisotopic (exact) mass is 423 g/mol. The van der Waals surface area contributed by atoms with Crippen LogP contribution in [0.3, 0.4) is 0 Å². The lowest BCUT2D eigenvalue weighted by molar-refractivity contribution is 0.576. The van der Waals surface area contributed by atoms with E-state index >= 15 is 0 Å². The fraction of sp³-hybridized carbons (Fsp3) is 0.167. The van der Waals surface area contributed by atoms with Crippen LogP contribution in [0.25, 0.3) is 5.69 Å². The summed E-state index contributed by atoms with van der Waals surface area (Å²) in [7, 11) is -8.43. The average Bonchev–Trinajstić information content (AvgIpc) is 3.12. The van der Waals surface area contributed by atoms with E-state index in [1.807, 2.05) is 19.1 Å². The molecule has 0 bridgehead atoms. The number of sulfonamides is 2. The van der Waals surface area contributed by atoms with Gasteiger partial charge in [-0.3, -0.25) is 0 Å². The lowest BCUT2D eigenvalue weighted by Gasteiger charge is -2.07. The SMILES string of the molecule is Cc1cccc(-n2cc(S(=O)(=O)NS(=O)(=O)CCc3ccc(F)cc3)cn2)c1. The minimum atomic E-state index is -4.31. The van der Waals surface area contributed by atoms with Crippen molar-refractivity contribution in [2.24, 2.45) is 0 Å². The van der Waals surface area contributed by atoms with Crippen LogP contribution in [-0.4, -0.2) is 32.4 Å². The van der Waals surface area contributed by atoms with Crippen LogP contribution in [0.1, 0.15) is 11.1 Å². The van der Waals surface area contributed by atoms with Gasteiger partial charge in [0.15, 0.2) is 0 Å². The van der Waals surface area contributed by atoms with E-state index in [-0.39, 0.29) is 11.3 Å². The van der Waals surface area contributed by atoms with Gasteiger partial charge in [-0.25, -0.2) is 25.9 Å². The first-order chi connectivity index (χ1) is 13.1. The summed E-state index contributed by atoms with van der Waals surface area (Å²) in [5.41, 5.74) is 2.20. The molecule has 0 spiro atoms. The predicted octanol–water partition coefficient (Wildman–Crippen LogP) is 2.17. The highest BCUT2D eigenvalue weighted by Crippen LogP contribution is 2.14. The van der Waals surface area contributed by atoms with Crippen LogP contribution in [0.15, 0.2) is 65.8 Å². The molecule has 1 heterocycles. The van der Waals surface area contributed by atoms with Crippen molar-refractivity contribution in [3.63, 3.8) is 0 Å². The maximum absolute atomic E-state index is 12.9. The van der Waals surface area contributed by atoms with E-state index in [1.54, 1.807) is 16.3 Å². The summed E-state index contributed by atoms with van der Waals surface area (Å²) >= 11 is 0. The standard InChI is InChI=1S/C18H18FN3O4S2/c1-14-3-2-4-17(11-14)22-13-18(12-20-22)28(25,26)21-27(23,24)10-9-15-5-7-16(19)8-6-15/h2-8,11-13,21H,9-10H2,1H3. The molecule has 0 aliphatic rings. The highest BCUT2D eigenvalue weighted by atomic mass is 32.3. The minimum absolute atomic E-state index is 0.0493. The van der Waals surface area contributed by atoms with E-state index in [9.17, 15) is 21.2 Å². The number of halogens is 1. The van der Waals surface area contributed by atoms with Crippen LogP contribution in [0.2, 0.25) is 0 Å². The van der Waals surface area contributed by atoms with E-state index in [0.717, 1.165) is 11.8 Å². The third kappa shape index (κ3) is 5.03. The summed E-state index contributed by atoms with van der Waals surface area (Å²) in [6.45, 7) is 1.89. The molecule has 0 atom stereocenters. The number of aryl methyl sites for hydroxylation is 2. The van der Waals surface area contributed by atoms with Gasteiger partial charge in [0.1, 0.15) is 10.7 Å². The first-order valence-electron chi connectivity index (χ1n) is 8.27. The van der Waals surface area contributed by atoms with Crippen LogP contribution in [0.5, 0.6) is 0 Å². The van der Waals surface area contributed by atoms with Crippen LogP contribution >= 0.6 is 0 Å². The van der Waals surface area contributed by atoms with Gasteiger partial charge >= 0.3 is 0 Å². The molecular formula is C18H18FN3O4S2. The number of nitrogens with one attached hydrogen (secondary N) is 1. The van der Waals surface area contributed by atoms with Gasteiger partial charge in [0.25, 0.3) is 10.0 Å². The summed E-state index contributed by atoms with van der Waals surface area (Å²) < 4.78 is 65.2. The Morgan fingerprint density at radius 2 is 1.79 bits per heavy atom. The Morgan fingerprint density at radius 3 is 2.46 bits per heavy atom. The zero-order chi connectivity index (χ0) is 20.4. The fourth-order valence-electron chi connectivity index (χ4n) is 2.52. The molecule has 0 aliphatic carbocycles. The van der Waals surface area contributed by atoms with Gasteiger partial charge in [-0.1, -0.05) is 24.3 Å². The number of nitrogens with zero attached hydrogens (tertiary/aromatic N) is 2. The van der Waals surface area contributed by atoms with Crippen LogP contribution in [-0.2, 0) is 26.5 Å². The molecule has 3 rings (SSSR count). The number of aromatic nitrogens is 2. The van der Waals surface area contributed by atoms with Crippen molar-refractivity contribution in [1.82, 2.24) is 13.9 Å². The molecule has 10 heteroatoms. The lowest BCUT2D eigenvalue weighted by Crippen LogP contribution is -2.33. The second-order valence-electron chi connectivity index (χ2n) is 6.24. The summed E-state index contributed by atoms with van der Waals surface area (Å²) in [5, 5.41) is 3.99. The van der Waals surface area contributed by atoms with E-state index in [1.165, 1.54) is 35.1 Å². The van der Waals surface area contributed by atoms with Crippen molar-refractivity contribution >= 4 is 20.0 Å². The normalized spacial score (nSPS) is 12.2. The van der Waals surface area contributed by atoms with Gasteiger partial charge in [-0.2, -0.15) is 5.10 Å². The molecule has 28 heavy (non-hydrogen) atoms. The van der Waals surface area contributed by atoms with Crippen molar-refractivity contribution in [2.75, 3.05) is 5.75 Å². The molecule has 0 unspecified atom stereocenters. The topological polar surface area (TPSA) is 98.1 Å². The highest BCUT2D eigenvalue weighted by molar-refractivity contribution is 8.04. The summed E-state index contributed by atoms with van der Waals surface area (Å²) in [4.78, 5) is -0.264. The smallest absolute Gasteiger partial charge is 0.240 e. The molecule has 0 radical (unpaired) electrons. The molecule has 1 aromatic heterocycles. The maximum Gasteiger partial charge on any atom is 0.256 e. The minimum Gasteiger partial charge on any atom is -0.240 e. The second kappa shape index (κ2) is 7.82. The van der Waals surface area contributed by atoms with Crippen LogP contribution < -0.4 is 4.13 Å². The Labute approximate surface area is 162 Å². The average molecular weight is 423 g/mol. The van der Waals surface area contributed by atoms with Gasteiger partial charge < -0.3 is 0 Å². The number of rotatable bonds is 7. The zero-order valence-corrected chi connectivity index (χ0v) is 16.5. The molecule has 0 aliphatic heterocycles. The summed E-state index contributed by atoms with van der Waals surface area (Å²) in [5.74, 6) is -0.887. The molecule has 7 nitrogen and oxygen atoms in total. The Kier molecular flexibility index (Phi) is 5.64. The number of hydrogen-bond acceptors (Lipinski definition) is 5. The third-order valence-electron chi connectivity index (χ3n) is 3.94. The van der Waals surface area contributed by atoms with Gasteiger partial charge in [0, 0.05) is 0 Å². The Morgan fingerprint density at radius 1 is 1.07 bits per heavy atom. The maximum atomic E-state index is 12.9. The van der Waals surface area contributed by atoms with E-state index < -0.39 is 31.6 Å². The van der Waals surface area contributed by atoms with E-state index in [0.29, 0.717) is 11.3 Å². The van der Waals surface area contributed by atoms with Crippen molar-refractivity contribution in [2.45, 2.75) is 18.2 Å². The Bertz CT molecular complexity index is 1190. The van der Waals surface area contributed by atoms with E-state index in [2.05, 4.69) is 5.10 Å². The largest absolute Gasteiger partial charge is 0.256 e. The molecule has 0 saturated carbocycles. The first-order valence-corrected chi connectivity index (χ1v) is 11.4. The first kappa shape index (κ1) is 20.2. The molecule has 3 aromatic rings. The van der Waals surface area contributed by atoms with Gasteiger partial charge in [0.2, 0.25) is 10.0 Å². The molecule has 0 saturated heterocycles. The fourth-order valence-corrected chi connectivity index (χ4v) is 5.50. The zero-order valence-electron chi connectivity index (χ0n) is 14.9. The number of benzene rings is 2. The van der Waals surface area contributed by atoms with Crippen molar-refractivity contribution < 1.29 is 21.2 Å². The highest BCUT2D eigenvalue weighted by Gasteiger charge is 2.24. The molecule has 0 fully saturated rings. The molecule has 0 amide bonds. The lowest BCUT2D eigenvalue weighted by atomic mass is 10.2. The molecule has 148 valence electrons. The molecule has 2 aromatic carbocycles. The quantitative estimate of drug-likeness (QED) is 0.628. The third-order valence-corrected chi connectivity index (χ3v) is 7.41. The van der Waals surface area contributed by atoms with Gasteiger partial charge in [-0.15, -0.1) is 4.13 Å². The van der Waals surface area contributed by atoms with Crippen molar-refractivity contribution in [3.05, 3.63) is 77.9 Å².